The van der Waals surface area contributed by atoms with Crippen LogP contribution in [0.2, 0.25) is 0 Å². The number of benzene rings is 1. The highest BCUT2D eigenvalue weighted by atomic mass is 32.1. The van der Waals surface area contributed by atoms with Crippen molar-refractivity contribution in [3.05, 3.63) is 40.9 Å². The summed E-state index contributed by atoms with van der Waals surface area (Å²) in [7, 11) is 0. The molecule has 2 amide bonds. The Morgan fingerprint density at radius 3 is 2.86 bits per heavy atom. The van der Waals surface area contributed by atoms with Crippen LogP contribution in [0.4, 0.5) is 10.8 Å². The highest BCUT2D eigenvalue weighted by Crippen LogP contribution is 2.29. The van der Waals surface area contributed by atoms with E-state index in [1.54, 1.807) is 18.2 Å². The smallest absolute Gasteiger partial charge is 0.273 e. The molecule has 1 fully saturated rings. The highest BCUT2D eigenvalue weighted by molar-refractivity contribution is 7.22. The van der Waals surface area contributed by atoms with E-state index >= 15 is 0 Å². The number of carbonyl (C=O) groups is 2. The zero-order valence-corrected chi connectivity index (χ0v) is 20.9. The maximum absolute atomic E-state index is 13.1. The van der Waals surface area contributed by atoms with Gasteiger partial charge < -0.3 is 20.3 Å². The number of thiazole rings is 1. The van der Waals surface area contributed by atoms with Gasteiger partial charge in [0.2, 0.25) is 11.8 Å². The fourth-order valence-corrected chi connectivity index (χ4v) is 5.05. The van der Waals surface area contributed by atoms with Crippen molar-refractivity contribution in [2.45, 2.75) is 46.2 Å². The summed E-state index contributed by atoms with van der Waals surface area (Å²) in [5.74, 6) is 0.132. The van der Waals surface area contributed by atoms with E-state index in [-0.39, 0.29) is 35.9 Å². The van der Waals surface area contributed by atoms with Gasteiger partial charge in [0.05, 0.1) is 18.2 Å². The van der Waals surface area contributed by atoms with Crippen molar-refractivity contribution in [2.75, 3.05) is 29.9 Å². The van der Waals surface area contributed by atoms with Gasteiger partial charge in [-0.3, -0.25) is 19.0 Å². The molecule has 1 aromatic carbocycles. The van der Waals surface area contributed by atoms with Gasteiger partial charge in [0.1, 0.15) is 23.3 Å². The second kappa shape index (κ2) is 10.9. The number of carbonyl (C=O) groups excluding carboxylic acids is 2. The summed E-state index contributed by atoms with van der Waals surface area (Å²) in [6.45, 7) is 7.36. The molecule has 0 saturated carbocycles. The number of amides is 2. The van der Waals surface area contributed by atoms with Crippen LogP contribution < -0.4 is 25.8 Å². The van der Waals surface area contributed by atoms with E-state index in [9.17, 15) is 14.4 Å². The molecule has 2 aromatic heterocycles. The number of piperidine rings is 1. The maximum atomic E-state index is 13.1. The summed E-state index contributed by atoms with van der Waals surface area (Å²) in [6, 6.07) is 7.23. The topological polar surface area (TPSA) is 118 Å². The number of fused-ring (bicyclic) bond motifs is 1. The number of hydrogen-bond donors (Lipinski definition) is 2. The Morgan fingerprint density at radius 2 is 2.09 bits per heavy atom. The number of aromatic nitrogens is 3. The lowest BCUT2D eigenvalue weighted by Gasteiger charge is -2.32. The zero-order chi connectivity index (χ0) is 24.9. The van der Waals surface area contributed by atoms with Gasteiger partial charge in [0, 0.05) is 19.1 Å². The molecule has 3 aromatic rings. The molecule has 0 bridgehead atoms. The summed E-state index contributed by atoms with van der Waals surface area (Å²) < 4.78 is 7.20. The first-order valence-corrected chi connectivity index (χ1v) is 12.6. The fraction of sp³-hybridized carbons (Fsp3) is 0.458. The van der Waals surface area contributed by atoms with E-state index < -0.39 is 0 Å². The monoisotopic (exact) mass is 498 g/mol. The van der Waals surface area contributed by atoms with Crippen molar-refractivity contribution in [1.82, 2.24) is 19.9 Å². The number of nitrogens with zero attached hydrogens (tertiary/aromatic N) is 4. The molecule has 1 atom stereocenters. The van der Waals surface area contributed by atoms with Crippen LogP contribution in [0, 0.1) is 5.92 Å². The van der Waals surface area contributed by atoms with Crippen molar-refractivity contribution < 1.29 is 14.3 Å². The Balaban J connectivity index is 1.49. The molecule has 11 heteroatoms. The van der Waals surface area contributed by atoms with Crippen molar-refractivity contribution >= 4 is 44.3 Å². The van der Waals surface area contributed by atoms with Crippen LogP contribution in [0.3, 0.4) is 0 Å². The van der Waals surface area contributed by atoms with Gasteiger partial charge in [-0.1, -0.05) is 23.5 Å². The molecule has 35 heavy (non-hydrogen) atoms. The minimum atomic E-state index is -0.361. The minimum absolute atomic E-state index is 0.0446. The van der Waals surface area contributed by atoms with Gasteiger partial charge >= 0.3 is 0 Å². The van der Waals surface area contributed by atoms with Gasteiger partial charge in [-0.25, -0.2) is 4.98 Å². The number of para-hydroxylation sites is 2. The second-order valence-corrected chi connectivity index (χ2v) is 9.73. The predicted octanol–water partition coefficient (Wildman–Crippen LogP) is 2.63. The Morgan fingerprint density at radius 1 is 1.29 bits per heavy atom. The minimum Gasteiger partial charge on any atom is -0.492 e. The molecule has 4 rings (SSSR count). The van der Waals surface area contributed by atoms with Crippen LogP contribution in [-0.2, 0) is 16.1 Å². The summed E-state index contributed by atoms with van der Waals surface area (Å²) >= 11 is 1.25. The summed E-state index contributed by atoms with van der Waals surface area (Å²) in [5.41, 5.74) is 0.572. The molecule has 0 unspecified atom stereocenters. The zero-order valence-electron chi connectivity index (χ0n) is 20.1. The van der Waals surface area contributed by atoms with E-state index in [0.29, 0.717) is 40.1 Å². The van der Waals surface area contributed by atoms with Crippen molar-refractivity contribution in [3.8, 4) is 5.75 Å². The molecule has 3 heterocycles. The lowest BCUT2D eigenvalue weighted by molar-refractivity contribution is -0.125. The summed E-state index contributed by atoms with van der Waals surface area (Å²) in [5, 5.41) is 6.44. The highest BCUT2D eigenvalue weighted by Gasteiger charge is 2.28. The fourth-order valence-electron chi connectivity index (χ4n) is 4.05. The summed E-state index contributed by atoms with van der Waals surface area (Å²) in [6.07, 6.45) is 3.04. The van der Waals surface area contributed by atoms with Crippen LogP contribution in [-0.4, -0.2) is 52.1 Å². The standard InChI is InChI=1S/C24H30N6O4S/c1-4-34-18-10-6-5-9-17(18)27-19(31)13-30-14-25-21-20(23(30)33)35-24(28-21)29-11-7-8-16(12-29)22(32)26-15(2)3/h5-6,9-10,14-16H,4,7-8,11-13H2,1-3H3,(H,26,32)(H,27,31)/t16-/m1/s1. The lowest BCUT2D eigenvalue weighted by atomic mass is 9.97. The summed E-state index contributed by atoms with van der Waals surface area (Å²) in [4.78, 5) is 49.1. The first kappa shape index (κ1) is 24.6. The van der Waals surface area contributed by atoms with Crippen molar-refractivity contribution in [1.29, 1.82) is 0 Å². The molecule has 1 saturated heterocycles. The van der Waals surface area contributed by atoms with Gasteiger partial charge in [0.25, 0.3) is 5.56 Å². The molecular formula is C24H30N6O4S. The van der Waals surface area contributed by atoms with Gasteiger partial charge in [-0.15, -0.1) is 0 Å². The molecule has 1 aliphatic heterocycles. The quantitative estimate of drug-likeness (QED) is 0.490. The lowest BCUT2D eigenvalue weighted by Crippen LogP contribution is -2.44. The number of rotatable bonds is 8. The van der Waals surface area contributed by atoms with Crippen molar-refractivity contribution in [2.24, 2.45) is 5.92 Å². The van der Waals surface area contributed by atoms with E-state index in [1.807, 2.05) is 31.7 Å². The Kier molecular flexibility index (Phi) is 7.64. The number of ether oxygens (including phenoxy) is 1. The van der Waals surface area contributed by atoms with Crippen LogP contribution >= 0.6 is 11.3 Å². The number of anilines is 2. The third-order valence-corrected chi connectivity index (χ3v) is 6.73. The first-order chi connectivity index (χ1) is 16.9. The third-order valence-electron chi connectivity index (χ3n) is 5.64. The van der Waals surface area contributed by atoms with Gasteiger partial charge in [-0.05, 0) is 45.7 Å². The van der Waals surface area contributed by atoms with E-state index in [0.717, 1.165) is 19.4 Å². The third kappa shape index (κ3) is 5.79. The van der Waals surface area contributed by atoms with Crippen molar-refractivity contribution in [3.63, 3.8) is 0 Å². The van der Waals surface area contributed by atoms with Crippen LogP contribution in [0.25, 0.3) is 10.3 Å². The van der Waals surface area contributed by atoms with Crippen LogP contribution in [0.15, 0.2) is 35.4 Å². The predicted molar refractivity (Wildman–Crippen MR) is 136 cm³/mol. The molecule has 0 spiro atoms. The Hall–Kier alpha value is -3.47. The second-order valence-electron chi connectivity index (χ2n) is 8.75. The largest absolute Gasteiger partial charge is 0.492 e. The molecule has 2 N–H and O–H groups in total. The van der Waals surface area contributed by atoms with Gasteiger partial charge in [-0.2, -0.15) is 4.98 Å². The maximum Gasteiger partial charge on any atom is 0.273 e. The Labute approximate surface area is 207 Å². The molecule has 0 aliphatic carbocycles. The van der Waals surface area contributed by atoms with E-state index in [2.05, 4.69) is 20.6 Å². The average Bonchev–Trinajstić information content (AvgIpc) is 3.27. The SMILES string of the molecule is CCOc1ccccc1NC(=O)Cn1cnc2nc(N3CCC[C@@H](C(=O)NC(C)C)C3)sc2c1=O. The molecule has 186 valence electrons. The normalized spacial score (nSPS) is 15.9. The first-order valence-electron chi connectivity index (χ1n) is 11.8. The van der Waals surface area contributed by atoms with E-state index in [4.69, 9.17) is 4.74 Å². The van der Waals surface area contributed by atoms with Crippen LogP contribution in [0.1, 0.15) is 33.6 Å². The average molecular weight is 499 g/mol. The van der Waals surface area contributed by atoms with Gasteiger partial charge in [0.15, 0.2) is 10.8 Å². The van der Waals surface area contributed by atoms with E-state index in [1.165, 1.54) is 22.2 Å². The number of nitrogens with one attached hydrogen (secondary N) is 2. The molecule has 0 radical (unpaired) electrons. The van der Waals surface area contributed by atoms with Crippen LogP contribution in [0.5, 0.6) is 5.75 Å². The molecule has 1 aliphatic rings. The molecular weight excluding hydrogens is 468 g/mol. The number of hydrogen-bond acceptors (Lipinski definition) is 8. The molecule has 10 nitrogen and oxygen atoms in total. The Bertz CT molecular complexity index is 1270.